The molecule has 0 aromatic carbocycles. The predicted molar refractivity (Wildman–Crippen MR) is 32.1 cm³/mol. The molecule has 9 heavy (non-hydrogen) atoms. The minimum Gasteiger partial charge on any atom is -0.369 e. The first-order valence-corrected chi connectivity index (χ1v) is 3.22. The predicted octanol–water partition coefficient (Wildman–Crippen LogP) is -1.46. The average molecular weight is 130 g/mol. The summed E-state index contributed by atoms with van der Waals surface area (Å²) in [5, 5.41) is 2.03. The lowest BCUT2D eigenvalue weighted by Crippen LogP contribution is -2.95. The molecular weight excluding hydrogens is 118 g/mol. The maximum absolute atomic E-state index is 10.7. The highest BCUT2D eigenvalue weighted by Crippen LogP contribution is 1.85. The zero-order valence-electron chi connectivity index (χ0n) is 5.59. The van der Waals surface area contributed by atoms with Crippen molar-refractivity contribution in [1.82, 2.24) is 0 Å². The number of quaternary nitrogens is 1. The summed E-state index contributed by atoms with van der Waals surface area (Å²) < 4.78 is 5.09. The van der Waals surface area contributed by atoms with Gasteiger partial charge in [0, 0.05) is 6.92 Å². The highest BCUT2D eigenvalue weighted by atomic mass is 16.5. The molecule has 1 saturated heterocycles. The van der Waals surface area contributed by atoms with Gasteiger partial charge in [-0.05, 0) is 0 Å². The van der Waals surface area contributed by atoms with Crippen molar-refractivity contribution in [2.45, 2.75) is 13.0 Å². The number of Topliss-reactive ketones (excluding diaryl/α,β-unsaturated/α-hetero) is 1. The van der Waals surface area contributed by atoms with Crippen LogP contribution in [0.2, 0.25) is 0 Å². The molecule has 0 aromatic rings. The van der Waals surface area contributed by atoms with E-state index < -0.39 is 0 Å². The van der Waals surface area contributed by atoms with E-state index >= 15 is 0 Å². The molecule has 0 spiro atoms. The maximum Gasteiger partial charge on any atom is 0.189 e. The third-order valence-electron chi connectivity index (χ3n) is 1.53. The van der Waals surface area contributed by atoms with Gasteiger partial charge in [0.05, 0.1) is 13.2 Å². The van der Waals surface area contributed by atoms with Crippen LogP contribution in [0.25, 0.3) is 0 Å². The van der Waals surface area contributed by atoms with Crippen molar-refractivity contribution in [3.63, 3.8) is 0 Å². The van der Waals surface area contributed by atoms with Gasteiger partial charge in [-0.2, -0.15) is 0 Å². The quantitative estimate of drug-likeness (QED) is 0.471. The topological polar surface area (TPSA) is 42.9 Å². The summed E-state index contributed by atoms with van der Waals surface area (Å²) in [6.45, 7) is 3.90. The van der Waals surface area contributed by atoms with Gasteiger partial charge in [0.2, 0.25) is 0 Å². The van der Waals surface area contributed by atoms with Crippen molar-refractivity contribution in [2.75, 3.05) is 19.8 Å². The molecular formula is C6H12NO2+. The molecule has 1 aliphatic rings. The molecule has 0 radical (unpaired) electrons. The lowest BCUT2D eigenvalue weighted by atomic mass is 10.2. The molecule has 1 atom stereocenters. The molecule has 0 aliphatic carbocycles. The molecule has 0 bridgehead atoms. The van der Waals surface area contributed by atoms with E-state index in [9.17, 15) is 4.79 Å². The Labute approximate surface area is 54.4 Å². The second kappa shape index (κ2) is 2.94. The number of ether oxygens (including phenoxy) is 1. The van der Waals surface area contributed by atoms with Crippen LogP contribution in [-0.4, -0.2) is 31.6 Å². The van der Waals surface area contributed by atoms with Gasteiger partial charge >= 0.3 is 0 Å². The normalized spacial score (nSPS) is 27.9. The summed E-state index contributed by atoms with van der Waals surface area (Å²) in [6, 6.07) is 0.0683. The Morgan fingerprint density at radius 2 is 2.56 bits per heavy atom. The third kappa shape index (κ3) is 1.77. The van der Waals surface area contributed by atoms with Crippen LogP contribution in [0.4, 0.5) is 0 Å². The van der Waals surface area contributed by atoms with E-state index in [4.69, 9.17) is 4.74 Å². The Morgan fingerprint density at radius 3 is 2.89 bits per heavy atom. The van der Waals surface area contributed by atoms with Crippen molar-refractivity contribution in [1.29, 1.82) is 0 Å². The molecule has 3 nitrogen and oxygen atoms in total. The second-order valence-electron chi connectivity index (χ2n) is 2.32. The number of nitrogens with two attached hydrogens (primary N) is 1. The van der Waals surface area contributed by atoms with Crippen molar-refractivity contribution in [2.24, 2.45) is 0 Å². The Morgan fingerprint density at radius 1 is 1.78 bits per heavy atom. The van der Waals surface area contributed by atoms with Crippen LogP contribution in [0, 0.1) is 0 Å². The number of hydrogen-bond donors (Lipinski definition) is 1. The minimum atomic E-state index is 0.0683. The standard InChI is InChI=1S/C6H11NO2/c1-5(8)6-4-9-3-2-7-6/h6-7H,2-4H2,1H3/p+1. The highest BCUT2D eigenvalue weighted by molar-refractivity contribution is 5.80. The van der Waals surface area contributed by atoms with Gasteiger partial charge in [-0.25, -0.2) is 0 Å². The van der Waals surface area contributed by atoms with Crippen LogP contribution in [0.3, 0.4) is 0 Å². The van der Waals surface area contributed by atoms with Crippen LogP contribution in [0.15, 0.2) is 0 Å². The fraction of sp³-hybridized carbons (Fsp3) is 0.833. The second-order valence-corrected chi connectivity index (χ2v) is 2.32. The third-order valence-corrected chi connectivity index (χ3v) is 1.53. The maximum atomic E-state index is 10.7. The zero-order chi connectivity index (χ0) is 6.69. The first-order chi connectivity index (χ1) is 4.30. The number of ketones is 1. The van der Waals surface area contributed by atoms with Gasteiger partial charge < -0.3 is 10.1 Å². The summed E-state index contributed by atoms with van der Waals surface area (Å²) >= 11 is 0. The fourth-order valence-electron chi connectivity index (χ4n) is 0.914. The van der Waals surface area contributed by atoms with Crippen molar-refractivity contribution in [3.8, 4) is 0 Å². The van der Waals surface area contributed by atoms with Crippen LogP contribution in [-0.2, 0) is 9.53 Å². The molecule has 3 heteroatoms. The van der Waals surface area contributed by atoms with Crippen LogP contribution >= 0.6 is 0 Å². The summed E-state index contributed by atoms with van der Waals surface area (Å²) in [5.41, 5.74) is 0. The van der Waals surface area contributed by atoms with Gasteiger partial charge in [0.15, 0.2) is 11.8 Å². The van der Waals surface area contributed by atoms with Crippen LogP contribution in [0.5, 0.6) is 0 Å². The number of rotatable bonds is 1. The molecule has 1 unspecified atom stereocenters. The monoisotopic (exact) mass is 130 g/mol. The number of carbonyl (C=O) groups is 1. The summed E-state index contributed by atoms with van der Waals surface area (Å²) in [4.78, 5) is 10.7. The van der Waals surface area contributed by atoms with E-state index in [2.05, 4.69) is 0 Å². The Hall–Kier alpha value is -0.410. The minimum absolute atomic E-state index is 0.0683. The zero-order valence-corrected chi connectivity index (χ0v) is 5.59. The smallest absolute Gasteiger partial charge is 0.189 e. The van der Waals surface area contributed by atoms with Crippen molar-refractivity contribution >= 4 is 5.78 Å². The van der Waals surface area contributed by atoms with Gasteiger partial charge in [0.25, 0.3) is 0 Å². The summed E-state index contributed by atoms with van der Waals surface area (Å²) in [6.07, 6.45) is 0. The van der Waals surface area contributed by atoms with Crippen molar-refractivity contribution < 1.29 is 14.8 Å². The van der Waals surface area contributed by atoms with E-state index in [0.717, 1.165) is 13.2 Å². The fourth-order valence-corrected chi connectivity index (χ4v) is 0.914. The van der Waals surface area contributed by atoms with Gasteiger partial charge in [-0.3, -0.25) is 4.79 Å². The first-order valence-electron chi connectivity index (χ1n) is 3.22. The van der Waals surface area contributed by atoms with Crippen LogP contribution < -0.4 is 5.32 Å². The van der Waals surface area contributed by atoms with E-state index in [1.165, 1.54) is 0 Å². The van der Waals surface area contributed by atoms with E-state index in [0.29, 0.717) is 6.61 Å². The Kier molecular flexibility index (Phi) is 2.19. The van der Waals surface area contributed by atoms with E-state index in [1.807, 2.05) is 5.32 Å². The summed E-state index contributed by atoms with van der Waals surface area (Å²) in [5.74, 6) is 0.217. The number of hydrogen-bond acceptors (Lipinski definition) is 2. The largest absolute Gasteiger partial charge is 0.369 e. The number of carbonyl (C=O) groups excluding carboxylic acids is 1. The lowest BCUT2D eigenvalue weighted by molar-refractivity contribution is -0.691. The molecule has 1 fully saturated rings. The van der Waals surface area contributed by atoms with Gasteiger partial charge in [-0.1, -0.05) is 0 Å². The molecule has 0 amide bonds. The highest BCUT2D eigenvalue weighted by Gasteiger charge is 2.20. The van der Waals surface area contributed by atoms with Gasteiger partial charge in [-0.15, -0.1) is 0 Å². The van der Waals surface area contributed by atoms with Crippen molar-refractivity contribution in [3.05, 3.63) is 0 Å². The summed E-state index contributed by atoms with van der Waals surface area (Å²) in [7, 11) is 0. The average Bonchev–Trinajstić information content (AvgIpc) is 1.90. The Bertz CT molecular complexity index is 108. The molecule has 2 N–H and O–H groups in total. The van der Waals surface area contributed by atoms with Crippen LogP contribution in [0.1, 0.15) is 6.92 Å². The molecule has 1 heterocycles. The molecule has 1 aliphatic heterocycles. The molecule has 1 rings (SSSR count). The van der Waals surface area contributed by atoms with E-state index in [1.54, 1.807) is 6.92 Å². The molecule has 52 valence electrons. The Balaban J connectivity index is 2.31. The SMILES string of the molecule is CC(=O)C1COCC[NH2+]1. The number of morpholine rings is 1. The first kappa shape index (κ1) is 6.71. The molecule has 0 aromatic heterocycles. The lowest BCUT2D eigenvalue weighted by Gasteiger charge is -2.17. The molecule has 0 saturated carbocycles. The van der Waals surface area contributed by atoms with Gasteiger partial charge in [0.1, 0.15) is 6.61 Å². The van der Waals surface area contributed by atoms with E-state index in [-0.39, 0.29) is 11.8 Å².